The lowest BCUT2D eigenvalue weighted by Crippen LogP contribution is -2.62. The van der Waals surface area contributed by atoms with Crippen molar-refractivity contribution in [1.29, 1.82) is 0 Å². The number of carbonyl (C=O) groups is 6. The fraction of sp³-hybridized carbons (Fsp3) is 0.485. The second-order valence-electron chi connectivity index (χ2n) is 12.0. The smallest absolute Gasteiger partial charge is 0.351 e. The summed E-state index contributed by atoms with van der Waals surface area (Å²) < 4.78 is 50.0. The molecule has 49 heavy (non-hydrogen) atoms. The summed E-state index contributed by atoms with van der Waals surface area (Å²) in [6, 6.07) is 5.78. The highest BCUT2D eigenvalue weighted by Gasteiger charge is 2.59. The van der Waals surface area contributed by atoms with Gasteiger partial charge in [0.1, 0.15) is 41.3 Å². The molecule has 0 amide bonds. The highest BCUT2D eigenvalue weighted by Crippen LogP contribution is 2.40. The maximum Gasteiger partial charge on any atom is 0.351 e. The van der Waals surface area contributed by atoms with Gasteiger partial charge in [-0.3, -0.25) is 24.0 Å². The van der Waals surface area contributed by atoms with Gasteiger partial charge < -0.3 is 42.0 Å². The summed E-state index contributed by atoms with van der Waals surface area (Å²) in [5.74, 6) is -5.17. The summed E-state index contributed by atoms with van der Waals surface area (Å²) in [6.45, 7) is 7.81. The van der Waals surface area contributed by atoms with E-state index >= 15 is 0 Å². The summed E-state index contributed by atoms with van der Waals surface area (Å²) in [7, 11) is 0. The van der Waals surface area contributed by atoms with Crippen LogP contribution in [-0.4, -0.2) is 78.0 Å². The molecule has 0 bridgehead atoms. The van der Waals surface area contributed by atoms with Crippen LogP contribution >= 0.6 is 0 Å². The first-order valence-corrected chi connectivity index (χ1v) is 15.1. The van der Waals surface area contributed by atoms with Crippen LogP contribution in [0, 0.1) is 0 Å². The standard InChI is InChI=1S/C33H36O16/c1-16(34)43-25-13-33(49-20(5)38,14-26(44-17(2)35)30(25)45-18(3)36)31(40)47-27(32(6,7)48-19(4)37)15-42-29-21-8-9-28(39)46-24(21)12-23-22(29)10-11-41-23/h8-12,25-27,30H,13-15H2,1-7H3/t25-,26-,27?,30?,33?/m1/s1. The van der Waals surface area contributed by atoms with Gasteiger partial charge in [-0.2, -0.15) is 0 Å². The zero-order chi connectivity index (χ0) is 36.3. The molecule has 16 nitrogen and oxygen atoms in total. The Bertz CT molecular complexity index is 1800. The number of hydrogen-bond acceptors (Lipinski definition) is 16. The number of carbonyl (C=O) groups excluding carboxylic acids is 6. The Kier molecular flexibility index (Phi) is 10.7. The zero-order valence-corrected chi connectivity index (χ0v) is 27.8. The molecule has 1 aliphatic carbocycles. The van der Waals surface area contributed by atoms with E-state index in [1.54, 1.807) is 6.07 Å². The molecule has 0 aliphatic heterocycles. The summed E-state index contributed by atoms with van der Waals surface area (Å²) in [5, 5.41) is 0.850. The van der Waals surface area contributed by atoms with E-state index < -0.39 is 96.5 Å². The molecule has 16 heteroatoms. The van der Waals surface area contributed by atoms with Crippen molar-refractivity contribution in [2.75, 3.05) is 6.61 Å². The van der Waals surface area contributed by atoms with Gasteiger partial charge >= 0.3 is 41.4 Å². The molecule has 3 atom stereocenters. The molecule has 1 fully saturated rings. The molecule has 2 aromatic heterocycles. The number of benzene rings is 1. The van der Waals surface area contributed by atoms with E-state index in [9.17, 15) is 33.6 Å². The first-order valence-electron chi connectivity index (χ1n) is 15.1. The number of esters is 6. The molecular formula is C33H36O16. The average molecular weight is 689 g/mol. The van der Waals surface area contributed by atoms with Gasteiger partial charge in [0.25, 0.3) is 0 Å². The third-order valence-electron chi connectivity index (χ3n) is 7.56. The third kappa shape index (κ3) is 8.55. The van der Waals surface area contributed by atoms with Gasteiger partial charge in [0.15, 0.2) is 12.2 Å². The predicted molar refractivity (Wildman–Crippen MR) is 164 cm³/mol. The Balaban J connectivity index is 1.76. The monoisotopic (exact) mass is 688 g/mol. The summed E-state index contributed by atoms with van der Waals surface area (Å²) in [6.07, 6.45) is -5.43. The molecule has 1 aliphatic rings. The number of fused-ring (bicyclic) bond motifs is 2. The van der Waals surface area contributed by atoms with Gasteiger partial charge in [-0.05, 0) is 26.0 Å². The number of hydrogen-bond donors (Lipinski definition) is 0. The molecule has 0 spiro atoms. The largest absolute Gasteiger partial charge is 0.488 e. The Morgan fingerprint density at radius 1 is 0.816 bits per heavy atom. The number of furan rings is 1. The topological polar surface area (TPSA) is 210 Å². The van der Waals surface area contributed by atoms with Crippen LogP contribution in [0.15, 0.2) is 44.2 Å². The zero-order valence-electron chi connectivity index (χ0n) is 27.8. The lowest BCUT2D eigenvalue weighted by molar-refractivity contribution is -0.229. The first-order chi connectivity index (χ1) is 22.9. The fourth-order valence-corrected chi connectivity index (χ4v) is 5.73. The van der Waals surface area contributed by atoms with Crippen LogP contribution in [0.4, 0.5) is 0 Å². The van der Waals surface area contributed by atoms with Crippen molar-refractivity contribution >= 4 is 57.8 Å². The van der Waals surface area contributed by atoms with E-state index in [-0.39, 0.29) is 11.3 Å². The third-order valence-corrected chi connectivity index (χ3v) is 7.56. The van der Waals surface area contributed by atoms with Gasteiger partial charge in [-0.15, -0.1) is 0 Å². The van der Waals surface area contributed by atoms with E-state index in [1.165, 1.54) is 38.3 Å². The summed E-state index contributed by atoms with van der Waals surface area (Å²) in [4.78, 5) is 87.0. The van der Waals surface area contributed by atoms with Crippen molar-refractivity contribution in [3.05, 3.63) is 40.9 Å². The maximum absolute atomic E-state index is 14.3. The van der Waals surface area contributed by atoms with Crippen molar-refractivity contribution in [3.8, 4) is 5.75 Å². The van der Waals surface area contributed by atoms with Crippen LogP contribution in [0.25, 0.3) is 21.9 Å². The van der Waals surface area contributed by atoms with Crippen molar-refractivity contribution in [2.24, 2.45) is 0 Å². The molecule has 1 unspecified atom stereocenters. The van der Waals surface area contributed by atoms with E-state index in [1.807, 2.05) is 0 Å². The second-order valence-corrected chi connectivity index (χ2v) is 12.0. The fourth-order valence-electron chi connectivity index (χ4n) is 5.73. The lowest BCUT2D eigenvalue weighted by atomic mass is 9.78. The van der Waals surface area contributed by atoms with Crippen molar-refractivity contribution in [1.82, 2.24) is 0 Å². The molecular weight excluding hydrogens is 652 g/mol. The van der Waals surface area contributed by atoms with Gasteiger partial charge in [0.05, 0.1) is 17.0 Å². The van der Waals surface area contributed by atoms with Gasteiger partial charge in [-0.25, -0.2) is 9.59 Å². The van der Waals surface area contributed by atoms with Crippen LogP contribution in [0.5, 0.6) is 5.75 Å². The van der Waals surface area contributed by atoms with E-state index in [0.717, 1.165) is 34.6 Å². The Morgan fingerprint density at radius 2 is 1.41 bits per heavy atom. The molecule has 2 heterocycles. The van der Waals surface area contributed by atoms with Crippen LogP contribution in [0.3, 0.4) is 0 Å². The van der Waals surface area contributed by atoms with E-state index in [4.69, 9.17) is 42.0 Å². The van der Waals surface area contributed by atoms with Crippen LogP contribution in [0.2, 0.25) is 0 Å². The quantitative estimate of drug-likeness (QED) is 0.161. The minimum atomic E-state index is -2.27. The molecule has 0 saturated heterocycles. The van der Waals surface area contributed by atoms with Crippen LogP contribution in [0.1, 0.15) is 61.3 Å². The van der Waals surface area contributed by atoms with E-state index in [0.29, 0.717) is 16.4 Å². The number of rotatable bonds is 11. The van der Waals surface area contributed by atoms with Gasteiger partial charge in [0.2, 0.25) is 5.60 Å². The van der Waals surface area contributed by atoms with Crippen molar-refractivity contribution in [3.63, 3.8) is 0 Å². The average Bonchev–Trinajstić information content (AvgIpc) is 3.42. The Morgan fingerprint density at radius 3 is 1.96 bits per heavy atom. The molecule has 3 aromatic rings. The molecule has 1 saturated carbocycles. The Labute approximate surface area is 278 Å². The Hall–Kier alpha value is -5.41. The molecule has 264 valence electrons. The molecule has 4 rings (SSSR count). The summed E-state index contributed by atoms with van der Waals surface area (Å²) in [5.41, 5.74) is -4.01. The van der Waals surface area contributed by atoms with Crippen molar-refractivity contribution in [2.45, 2.75) is 96.9 Å². The SMILES string of the molecule is CC(=O)OC1[C@H](OC(C)=O)CC(OC(C)=O)(C(=O)OC(COc2c3ccoc3cc3oc(=O)ccc23)C(C)(C)OC(C)=O)C[C@H]1OC(C)=O. The minimum Gasteiger partial charge on any atom is -0.488 e. The highest BCUT2D eigenvalue weighted by atomic mass is 16.6. The van der Waals surface area contributed by atoms with Gasteiger partial charge in [-0.1, -0.05) is 0 Å². The normalized spacial score (nSPS) is 21.2. The van der Waals surface area contributed by atoms with E-state index in [2.05, 4.69) is 0 Å². The van der Waals surface area contributed by atoms with Crippen LogP contribution in [-0.2, 0) is 57.2 Å². The molecule has 1 aromatic carbocycles. The second kappa shape index (κ2) is 14.4. The molecule has 0 radical (unpaired) electrons. The van der Waals surface area contributed by atoms with Gasteiger partial charge in [0, 0.05) is 59.6 Å². The minimum absolute atomic E-state index is 0.143. The molecule has 0 N–H and O–H groups in total. The van der Waals surface area contributed by atoms with Crippen LogP contribution < -0.4 is 10.4 Å². The summed E-state index contributed by atoms with van der Waals surface area (Å²) >= 11 is 0. The maximum atomic E-state index is 14.3. The highest BCUT2D eigenvalue weighted by molar-refractivity contribution is 6.01. The number of ether oxygens (including phenoxy) is 7. The first kappa shape index (κ1) is 36.4. The lowest BCUT2D eigenvalue weighted by Gasteiger charge is -2.45. The van der Waals surface area contributed by atoms with Crippen molar-refractivity contribution < 1.29 is 70.8 Å². The predicted octanol–water partition coefficient (Wildman–Crippen LogP) is 3.06.